The molecule has 2 aromatic carbocycles. The van der Waals surface area contributed by atoms with E-state index in [4.69, 9.17) is 32.9 Å². The third kappa shape index (κ3) is 2.67. The van der Waals surface area contributed by atoms with Crippen molar-refractivity contribution in [3.05, 3.63) is 75.0 Å². The molecule has 8 rings (SSSR count). The highest BCUT2D eigenvalue weighted by Gasteiger charge is 2.72. The Hall–Kier alpha value is -2.31. The van der Waals surface area contributed by atoms with Gasteiger partial charge in [-0.15, -0.1) is 0 Å². The summed E-state index contributed by atoms with van der Waals surface area (Å²) in [7, 11) is 0. The normalized spacial score (nSPS) is 31.5. The van der Waals surface area contributed by atoms with Crippen LogP contribution in [-0.2, 0) is 18.3 Å². The number of ether oxygens (including phenoxy) is 1. The smallest absolute Gasteiger partial charge is 0.166 e. The van der Waals surface area contributed by atoms with E-state index in [1.54, 1.807) is 12.1 Å². The second-order valence-electron chi connectivity index (χ2n) is 11.3. The van der Waals surface area contributed by atoms with Crippen LogP contribution in [0.2, 0.25) is 10.0 Å². The van der Waals surface area contributed by atoms with Gasteiger partial charge in [0.15, 0.2) is 17.6 Å². The second-order valence-corrected chi connectivity index (χ2v) is 12.1. The van der Waals surface area contributed by atoms with Gasteiger partial charge >= 0.3 is 0 Å². The molecule has 1 aromatic heterocycles. The van der Waals surface area contributed by atoms with E-state index in [1.807, 2.05) is 24.4 Å². The van der Waals surface area contributed by atoms with E-state index in [2.05, 4.69) is 11.0 Å². The summed E-state index contributed by atoms with van der Waals surface area (Å²) in [4.78, 5) is 7.47. The monoisotopic (exact) mass is 520 g/mol. The summed E-state index contributed by atoms with van der Waals surface area (Å²) < 4.78 is 6.58. The van der Waals surface area contributed by atoms with Gasteiger partial charge in [0.05, 0.1) is 26.8 Å². The highest BCUT2D eigenvalue weighted by atomic mass is 35.5. The third-order valence-electron chi connectivity index (χ3n) is 9.48. The number of phenols is 1. The molecule has 1 saturated carbocycles. The summed E-state index contributed by atoms with van der Waals surface area (Å²) in [5.74, 6) is 1.43. The number of pyridine rings is 1. The summed E-state index contributed by atoms with van der Waals surface area (Å²) in [6.07, 6.45) is 6.05. The van der Waals surface area contributed by atoms with Gasteiger partial charge in [-0.05, 0) is 79.1 Å². The molecule has 3 aliphatic carbocycles. The minimum Gasteiger partial charge on any atom is -0.504 e. The predicted molar refractivity (Wildman–Crippen MR) is 138 cm³/mol. The van der Waals surface area contributed by atoms with E-state index in [0.29, 0.717) is 22.2 Å². The van der Waals surface area contributed by atoms with Gasteiger partial charge in [0.1, 0.15) is 0 Å². The lowest BCUT2D eigenvalue weighted by atomic mass is 9.49. The van der Waals surface area contributed by atoms with Gasteiger partial charge in [-0.3, -0.25) is 9.88 Å². The molecule has 1 saturated heterocycles. The number of hydrogen-bond acceptors (Lipinski definition) is 5. The van der Waals surface area contributed by atoms with E-state index in [-0.39, 0.29) is 11.8 Å². The summed E-state index contributed by atoms with van der Waals surface area (Å²) in [5, 5.41) is 24.6. The van der Waals surface area contributed by atoms with Crippen molar-refractivity contribution in [1.82, 2.24) is 9.88 Å². The van der Waals surface area contributed by atoms with E-state index in [0.717, 1.165) is 59.8 Å². The largest absolute Gasteiger partial charge is 0.504 e. The first-order valence-electron chi connectivity index (χ1n) is 12.8. The van der Waals surface area contributed by atoms with E-state index in [9.17, 15) is 10.2 Å². The Kier molecular flexibility index (Phi) is 4.33. The van der Waals surface area contributed by atoms with Gasteiger partial charge in [0.25, 0.3) is 0 Å². The second kappa shape index (κ2) is 7.16. The number of halogens is 2. The highest BCUT2D eigenvalue weighted by Crippen LogP contribution is 2.68. The summed E-state index contributed by atoms with van der Waals surface area (Å²) in [5.41, 5.74) is 4.31. The van der Waals surface area contributed by atoms with E-state index in [1.165, 1.54) is 18.4 Å². The van der Waals surface area contributed by atoms with Crippen LogP contribution in [-0.4, -0.2) is 44.8 Å². The average molecular weight is 521 g/mol. The molecule has 2 bridgehead atoms. The molecule has 3 aromatic rings. The summed E-state index contributed by atoms with van der Waals surface area (Å²) in [6, 6.07) is 11.5. The standard InChI is InChI=1S/C29H26Cl2N2O3/c30-20-5-3-16(10-21(20)31)19-9-18-12-29(35)23-11-17-4-6-22(34)26-24(17)28(29,27(36-26)25(18)32-13-19)7-8-33(23)14-15-1-2-15/h3-6,9-10,13,15,23,27,34-35H,1-2,7-8,11-12,14H2/t23-,27-,28-,29+/m0/s1. The minimum atomic E-state index is -1.01. The molecular weight excluding hydrogens is 495 g/mol. The molecular formula is C29H26Cl2N2O3. The number of benzene rings is 2. The lowest BCUT2D eigenvalue weighted by molar-refractivity contribution is -0.173. The number of piperidine rings is 1. The Labute approximate surface area is 219 Å². The molecule has 0 unspecified atom stereocenters. The van der Waals surface area contributed by atoms with Crippen LogP contribution in [0.4, 0.5) is 0 Å². The fourth-order valence-electron chi connectivity index (χ4n) is 7.68. The molecule has 0 radical (unpaired) electrons. The van der Waals surface area contributed by atoms with Crippen LogP contribution in [0.25, 0.3) is 11.1 Å². The highest BCUT2D eigenvalue weighted by molar-refractivity contribution is 6.42. The molecule has 2 fully saturated rings. The molecule has 3 heterocycles. The maximum atomic E-state index is 12.8. The average Bonchev–Trinajstić information content (AvgIpc) is 3.60. The molecule has 1 spiro atoms. The Morgan fingerprint density at radius 2 is 1.92 bits per heavy atom. The zero-order valence-corrected chi connectivity index (χ0v) is 21.2. The SMILES string of the molecule is Oc1ccc2c3c1O[C@H]1c4ncc(-c5ccc(Cl)c(Cl)c5)cc4C[C@@]4(O)[C@H](C2)N(CC2CC2)CC[C@]314. The maximum Gasteiger partial charge on any atom is 0.166 e. The van der Waals surface area contributed by atoms with Crippen LogP contribution in [0.1, 0.15) is 47.8 Å². The number of fused-ring (bicyclic) bond motifs is 2. The molecule has 2 N–H and O–H groups in total. The number of hydrogen-bond donors (Lipinski definition) is 2. The number of likely N-dealkylation sites (tertiary alicyclic amines) is 1. The van der Waals surface area contributed by atoms with Gasteiger partial charge < -0.3 is 14.9 Å². The van der Waals surface area contributed by atoms with Gasteiger partial charge in [0.2, 0.25) is 0 Å². The molecule has 184 valence electrons. The lowest BCUT2D eigenvalue weighted by Crippen LogP contribution is -2.74. The third-order valence-corrected chi connectivity index (χ3v) is 10.2. The van der Waals surface area contributed by atoms with Gasteiger partial charge in [-0.25, -0.2) is 0 Å². The lowest BCUT2D eigenvalue weighted by Gasteiger charge is -2.63. The van der Waals surface area contributed by atoms with E-state index >= 15 is 0 Å². The molecule has 2 aliphatic heterocycles. The van der Waals surface area contributed by atoms with Crippen molar-refractivity contribution < 1.29 is 14.9 Å². The topological polar surface area (TPSA) is 65.8 Å². The van der Waals surface area contributed by atoms with Crippen molar-refractivity contribution in [3.8, 4) is 22.6 Å². The van der Waals surface area contributed by atoms with Crippen LogP contribution in [0, 0.1) is 5.92 Å². The molecule has 36 heavy (non-hydrogen) atoms. The number of aromatic nitrogens is 1. The van der Waals surface area contributed by atoms with Crippen LogP contribution >= 0.6 is 23.2 Å². The van der Waals surface area contributed by atoms with Crippen LogP contribution < -0.4 is 4.74 Å². The molecule has 0 amide bonds. The van der Waals surface area contributed by atoms with Crippen molar-refractivity contribution in [2.24, 2.45) is 5.92 Å². The Bertz CT molecular complexity index is 1460. The number of phenolic OH excluding ortho intramolecular Hbond substituents is 1. The van der Waals surface area contributed by atoms with Gasteiger partial charge in [-0.2, -0.15) is 0 Å². The van der Waals surface area contributed by atoms with Crippen molar-refractivity contribution in [1.29, 1.82) is 0 Å². The van der Waals surface area contributed by atoms with Crippen LogP contribution in [0.15, 0.2) is 42.6 Å². The first-order chi connectivity index (χ1) is 17.4. The zero-order valence-electron chi connectivity index (χ0n) is 19.7. The summed E-state index contributed by atoms with van der Waals surface area (Å²) >= 11 is 12.5. The molecule has 5 nitrogen and oxygen atoms in total. The van der Waals surface area contributed by atoms with E-state index < -0.39 is 17.1 Å². The van der Waals surface area contributed by atoms with Crippen molar-refractivity contribution in [2.75, 3.05) is 13.1 Å². The minimum absolute atomic E-state index is 0.00252. The number of aromatic hydroxyl groups is 1. The molecule has 7 heteroatoms. The summed E-state index contributed by atoms with van der Waals surface area (Å²) in [6.45, 7) is 1.97. The number of rotatable bonds is 3. The quantitative estimate of drug-likeness (QED) is 0.479. The zero-order chi connectivity index (χ0) is 24.4. The fraction of sp³-hybridized carbons (Fsp3) is 0.414. The molecule has 5 aliphatic rings. The van der Waals surface area contributed by atoms with Crippen molar-refractivity contribution in [3.63, 3.8) is 0 Å². The predicted octanol–water partition coefficient (Wildman–Crippen LogP) is 5.46. The van der Waals surface area contributed by atoms with Crippen LogP contribution in [0.5, 0.6) is 11.5 Å². The Morgan fingerprint density at radius 1 is 1.06 bits per heavy atom. The number of nitrogens with zero attached hydrogens (tertiary/aromatic N) is 2. The maximum absolute atomic E-state index is 12.8. The van der Waals surface area contributed by atoms with Crippen molar-refractivity contribution >= 4 is 23.2 Å². The Balaban J connectivity index is 1.32. The van der Waals surface area contributed by atoms with Crippen LogP contribution in [0.3, 0.4) is 0 Å². The molecule has 4 atom stereocenters. The van der Waals surface area contributed by atoms with Gasteiger partial charge in [0, 0.05) is 36.3 Å². The first kappa shape index (κ1) is 21.7. The van der Waals surface area contributed by atoms with Gasteiger partial charge in [-0.1, -0.05) is 35.3 Å². The first-order valence-corrected chi connectivity index (χ1v) is 13.6. The fourth-order valence-corrected chi connectivity index (χ4v) is 7.97. The number of aliphatic hydroxyl groups is 1. The van der Waals surface area contributed by atoms with Crippen molar-refractivity contribution in [2.45, 2.75) is 55.3 Å². The Morgan fingerprint density at radius 3 is 2.72 bits per heavy atom.